The Hall–Kier alpha value is -1.30. The first-order chi connectivity index (χ1) is 6.93. The number of carbonyl (C=O) groups is 2. The minimum absolute atomic E-state index is 0.204. The molecule has 1 unspecified atom stereocenters. The Labute approximate surface area is 89.0 Å². The highest BCUT2D eigenvalue weighted by Crippen LogP contribution is 2.13. The Morgan fingerprint density at radius 3 is 2.60 bits per heavy atom. The van der Waals surface area contributed by atoms with Crippen LogP contribution in [0.25, 0.3) is 0 Å². The second-order valence-electron chi connectivity index (χ2n) is 4.00. The maximum atomic E-state index is 11.6. The van der Waals surface area contributed by atoms with Gasteiger partial charge >= 0.3 is 12.0 Å². The molecule has 0 bridgehead atoms. The molecule has 1 N–H and O–H groups in total. The standard InChI is InChI=1S/C9H17N3O3/c1-10(2)4-5-12-6-7(8(13)14)11(3)9(12)15/h7H,4-6H2,1-3H3,(H,13,14). The van der Waals surface area contributed by atoms with Crippen molar-refractivity contribution in [3.8, 4) is 0 Å². The third kappa shape index (κ3) is 2.59. The van der Waals surface area contributed by atoms with Gasteiger partial charge in [-0.05, 0) is 14.1 Å². The van der Waals surface area contributed by atoms with Crippen LogP contribution in [0.15, 0.2) is 0 Å². The summed E-state index contributed by atoms with van der Waals surface area (Å²) in [5, 5.41) is 8.87. The van der Waals surface area contributed by atoms with Gasteiger partial charge in [-0.2, -0.15) is 0 Å². The van der Waals surface area contributed by atoms with E-state index in [1.807, 2.05) is 19.0 Å². The second-order valence-corrected chi connectivity index (χ2v) is 4.00. The van der Waals surface area contributed by atoms with Gasteiger partial charge in [-0.3, -0.25) is 0 Å². The van der Waals surface area contributed by atoms with Gasteiger partial charge in [0, 0.05) is 20.1 Å². The number of rotatable bonds is 4. The van der Waals surface area contributed by atoms with Crippen molar-refractivity contribution in [1.82, 2.24) is 14.7 Å². The van der Waals surface area contributed by atoms with Crippen molar-refractivity contribution < 1.29 is 14.7 Å². The van der Waals surface area contributed by atoms with E-state index in [0.29, 0.717) is 6.54 Å². The maximum absolute atomic E-state index is 11.6. The fraction of sp³-hybridized carbons (Fsp3) is 0.778. The second kappa shape index (κ2) is 4.48. The van der Waals surface area contributed by atoms with Crippen LogP contribution in [0.3, 0.4) is 0 Å². The summed E-state index contributed by atoms with van der Waals surface area (Å²) in [6, 6.07) is -0.913. The van der Waals surface area contributed by atoms with Gasteiger partial charge in [0.15, 0.2) is 0 Å². The van der Waals surface area contributed by atoms with Crippen molar-refractivity contribution >= 4 is 12.0 Å². The first-order valence-electron chi connectivity index (χ1n) is 4.82. The van der Waals surface area contributed by atoms with Crippen molar-refractivity contribution in [1.29, 1.82) is 0 Å². The van der Waals surface area contributed by atoms with Crippen LogP contribution in [0.2, 0.25) is 0 Å². The molecule has 0 aliphatic carbocycles. The summed E-state index contributed by atoms with van der Waals surface area (Å²) in [5.74, 6) is -0.946. The molecule has 1 aliphatic heterocycles. The molecule has 1 heterocycles. The highest BCUT2D eigenvalue weighted by molar-refractivity contribution is 5.86. The number of likely N-dealkylation sites (N-methyl/N-ethyl adjacent to an activating group) is 2. The van der Waals surface area contributed by atoms with Crippen molar-refractivity contribution in [2.75, 3.05) is 40.8 Å². The zero-order valence-corrected chi connectivity index (χ0v) is 9.30. The summed E-state index contributed by atoms with van der Waals surface area (Å²) >= 11 is 0. The summed E-state index contributed by atoms with van der Waals surface area (Å²) in [6.45, 7) is 1.59. The first-order valence-corrected chi connectivity index (χ1v) is 4.82. The van der Waals surface area contributed by atoms with E-state index in [1.54, 1.807) is 4.90 Å². The van der Waals surface area contributed by atoms with Crippen LogP contribution < -0.4 is 0 Å². The molecule has 0 aromatic carbocycles. The van der Waals surface area contributed by atoms with Gasteiger partial charge < -0.3 is 19.8 Å². The van der Waals surface area contributed by atoms with Gasteiger partial charge in [0.05, 0.1) is 6.54 Å². The summed E-state index contributed by atoms with van der Waals surface area (Å²) in [7, 11) is 5.36. The van der Waals surface area contributed by atoms with E-state index in [9.17, 15) is 9.59 Å². The number of carbonyl (C=O) groups excluding carboxylic acids is 1. The number of nitrogens with zero attached hydrogens (tertiary/aromatic N) is 3. The molecule has 1 aliphatic rings. The number of hydrogen-bond donors (Lipinski definition) is 1. The van der Waals surface area contributed by atoms with E-state index in [2.05, 4.69) is 0 Å². The average Bonchev–Trinajstić information content (AvgIpc) is 2.41. The molecule has 15 heavy (non-hydrogen) atoms. The average molecular weight is 215 g/mol. The van der Waals surface area contributed by atoms with E-state index in [4.69, 9.17) is 5.11 Å². The zero-order chi connectivity index (χ0) is 11.6. The van der Waals surface area contributed by atoms with Crippen LogP contribution in [0.5, 0.6) is 0 Å². The van der Waals surface area contributed by atoms with Crippen LogP contribution in [-0.4, -0.2) is 78.6 Å². The van der Waals surface area contributed by atoms with Gasteiger partial charge in [0.2, 0.25) is 0 Å². The minimum atomic E-state index is -0.946. The highest BCUT2D eigenvalue weighted by Gasteiger charge is 2.38. The van der Waals surface area contributed by atoms with Crippen LogP contribution in [0, 0.1) is 0 Å². The molecule has 1 rings (SSSR count). The van der Waals surface area contributed by atoms with E-state index in [1.165, 1.54) is 11.9 Å². The van der Waals surface area contributed by atoms with E-state index >= 15 is 0 Å². The number of carboxylic acids is 1. The topological polar surface area (TPSA) is 64.1 Å². The van der Waals surface area contributed by atoms with E-state index in [0.717, 1.165) is 6.54 Å². The van der Waals surface area contributed by atoms with Crippen molar-refractivity contribution in [3.63, 3.8) is 0 Å². The summed E-state index contributed by atoms with van der Waals surface area (Å²) < 4.78 is 0. The molecule has 0 spiro atoms. The molecular weight excluding hydrogens is 198 g/mol. The van der Waals surface area contributed by atoms with Crippen molar-refractivity contribution in [2.24, 2.45) is 0 Å². The van der Waals surface area contributed by atoms with Gasteiger partial charge in [-0.1, -0.05) is 0 Å². The summed E-state index contributed by atoms with van der Waals surface area (Å²) in [4.78, 5) is 27.2. The molecule has 2 amide bonds. The largest absolute Gasteiger partial charge is 0.480 e. The summed E-state index contributed by atoms with van der Waals surface area (Å²) in [6.07, 6.45) is 0. The lowest BCUT2D eigenvalue weighted by molar-refractivity contribution is -0.140. The number of hydrogen-bond acceptors (Lipinski definition) is 3. The Kier molecular flexibility index (Phi) is 3.52. The van der Waals surface area contributed by atoms with Crippen LogP contribution in [0.1, 0.15) is 0 Å². The fourth-order valence-corrected chi connectivity index (χ4v) is 1.52. The molecule has 6 heteroatoms. The molecule has 6 nitrogen and oxygen atoms in total. The lowest BCUT2D eigenvalue weighted by Gasteiger charge is -2.18. The summed E-state index contributed by atoms with van der Waals surface area (Å²) in [5.41, 5.74) is 0. The van der Waals surface area contributed by atoms with Gasteiger partial charge in [0.25, 0.3) is 0 Å². The number of aliphatic carboxylic acids is 1. The van der Waals surface area contributed by atoms with Crippen LogP contribution in [0.4, 0.5) is 4.79 Å². The molecule has 1 saturated heterocycles. The van der Waals surface area contributed by atoms with Crippen LogP contribution >= 0.6 is 0 Å². The number of amides is 2. The molecule has 1 fully saturated rings. The molecule has 0 aromatic heterocycles. The first kappa shape index (κ1) is 11.8. The van der Waals surface area contributed by atoms with Crippen molar-refractivity contribution in [2.45, 2.75) is 6.04 Å². The quantitative estimate of drug-likeness (QED) is 0.678. The van der Waals surface area contributed by atoms with Gasteiger partial charge in [-0.25, -0.2) is 9.59 Å². The number of urea groups is 1. The lowest BCUT2D eigenvalue weighted by atomic mass is 10.3. The fourth-order valence-electron chi connectivity index (χ4n) is 1.52. The Morgan fingerprint density at radius 2 is 2.20 bits per heavy atom. The molecular formula is C9H17N3O3. The Bertz CT molecular complexity index is 267. The minimum Gasteiger partial charge on any atom is -0.480 e. The molecule has 0 saturated carbocycles. The predicted octanol–water partition coefficient (Wildman–Crippen LogP) is -0.631. The lowest BCUT2D eigenvalue weighted by Crippen LogP contribution is -2.36. The van der Waals surface area contributed by atoms with Gasteiger partial charge in [0.1, 0.15) is 6.04 Å². The molecule has 1 atom stereocenters. The smallest absolute Gasteiger partial charge is 0.328 e. The van der Waals surface area contributed by atoms with E-state index in [-0.39, 0.29) is 12.6 Å². The Balaban J connectivity index is 2.55. The zero-order valence-electron chi connectivity index (χ0n) is 9.30. The Morgan fingerprint density at radius 1 is 1.60 bits per heavy atom. The predicted molar refractivity (Wildman–Crippen MR) is 54.7 cm³/mol. The molecule has 86 valence electrons. The normalized spacial score (nSPS) is 21.6. The van der Waals surface area contributed by atoms with Gasteiger partial charge in [-0.15, -0.1) is 0 Å². The van der Waals surface area contributed by atoms with E-state index < -0.39 is 12.0 Å². The highest BCUT2D eigenvalue weighted by atomic mass is 16.4. The SMILES string of the molecule is CN(C)CCN1CC(C(=O)O)N(C)C1=O. The molecule has 0 aromatic rings. The number of carboxylic acid groups (broad SMARTS) is 1. The molecule has 0 radical (unpaired) electrons. The monoisotopic (exact) mass is 215 g/mol. The maximum Gasteiger partial charge on any atom is 0.328 e. The van der Waals surface area contributed by atoms with Crippen molar-refractivity contribution in [3.05, 3.63) is 0 Å². The third-order valence-electron chi connectivity index (χ3n) is 2.54. The third-order valence-corrected chi connectivity index (χ3v) is 2.54. The van der Waals surface area contributed by atoms with Crippen LogP contribution in [-0.2, 0) is 4.79 Å².